The number of aliphatic carboxylic acids is 1. The van der Waals surface area contributed by atoms with Crippen LogP contribution in [-0.4, -0.2) is 34.5 Å². The van der Waals surface area contributed by atoms with Gasteiger partial charge in [-0.05, 0) is 25.0 Å². The summed E-state index contributed by atoms with van der Waals surface area (Å²) in [6.07, 6.45) is 5.63. The molecule has 0 aliphatic carbocycles. The lowest BCUT2D eigenvalue weighted by Crippen LogP contribution is -2.43. The highest BCUT2D eigenvalue weighted by Gasteiger charge is 2.29. The van der Waals surface area contributed by atoms with Gasteiger partial charge >= 0.3 is 5.97 Å². The number of halogens is 1. The van der Waals surface area contributed by atoms with Crippen molar-refractivity contribution in [2.24, 2.45) is 0 Å². The van der Waals surface area contributed by atoms with Crippen molar-refractivity contribution in [3.63, 3.8) is 0 Å². The number of rotatable bonds is 3. The van der Waals surface area contributed by atoms with Gasteiger partial charge in [-0.3, -0.25) is 4.79 Å². The van der Waals surface area contributed by atoms with Crippen LogP contribution in [0.2, 0.25) is 0 Å². The van der Waals surface area contributed by atoms with E-state index in [2.05, 4.69) is 0 Å². The van der Waals surface area contributed by atoms with Crippen molar-refractivity contribution < 1.29 is 19.1 Å². The Kier molecular flexibility index (Phi) is 5.09. The molecule has 1 fully saturated rings. The van der Waals surface area contributed by atoms with Gasteiger partial charge in [0.2, 0.25) is 5.91 Å². The summed E-state index contributed by atoms with van der Waals surface area (Å²) in [6, 6.07) is 5.35. The number of likely N-dealkylation sites (tertiary alicyclic amines) is 1. The minimum Gasteiger partial charge on any atom is -0.480 e. The minimum atomic E-state index is -0.982. The first kappa shape index (κ1) is 15.2. The van der Waals surface area contributed by atoms with E-state index in [4.69, 9.17) is 0 Å². The van der Waals surface area contributed by atoms with Crippen molar-refractivity contribution in [2.45, 2.75) is 31.7 Å². The first-order chi connectivity index (χ1) is 10.1. The molecule has 0 bridgehead atoms. The molecule has 5 heteroatoms. The lowest BCUT2D eigenvalue weighted by atomic mass is 10.1. The number of hydrogen-bond donors (Lipinski definition) is 1. The van der Waals surface area contributed by atoms with Gasteiger partial charge in [-0.2, -0.15) is 0 Å². The highest BCUT2D eigenvalue weighted by molar-refractivity contribution is 5.94. The largest absolute Gasteiger partial charge is 0.480 e. The summed E-state index contributed by atoms with van der Waals surface area (Å²) in [5.41, 5.74) is 0.313. The predicted molar refractivity (Wildman–Crippen MR) is 77.0 cm³/mol. The third-order valence-corrected chi connectivity index (χ3v) is 3.63. The van der Waals surface area contributed by atoms with Crippen LogP contribution in [0.5, 0.6) is 0 Å². The zero-order chi connectivity index (χ0) is 15.2. The fraction of sp³-hybridized carbons (Fsp3) is 0.375. The molecule has 1 atom stereocenters. The second kappa shape index (κ2) is 7.02. The standard InChI is InChI=1S/C16H18FNO3/c17-13-7-4-3-6-12(13)9-10-15(19)18-11-5-1-2-8-14(18)16(20)21/h3-4,6-7,9-10,14H,1-2,5,8,11H2,(H,20,21). The van der Waals surface area contributed by atoms with Gasteiger partial charge in [-0.15, -0.1) is 0 Å². The number of hydrogen-bond acceptors (Lipinski definition) is 2. The highest BCUT2D eigenvalue weighted by Crippen LogP contribution is 2.18. The average molecular weight is 291 g/mol. The number of carboxylic acid groups (broad SMARTS) is 1. The summed E-state index contributed by atoms with van der Waals surface area (Å²) in [6.45, 7) is 0.428. The molecule has 0 spiro atoms. The molecule has 0 aromatic heterocycles. The van der Waals surface area contributed by atoms with Crippen LogP contribution in [-0.2, 0) is 9.59 Å². The van der Waals surface area contributed by atoms with Gasteiger partial charge in [0.15, 0.2) is 0 Å². The maximum Gasteiger partial charge on any atom is 0.326 e. The molecule has 4 nitrogen and oxygen atoms in total. The fourth-order valence-electron chi connectivity index (χ4n) is 2.50. The number of carboxylic acids is 1. The summed E-state index contributed by atoms with van der Waals surface area (Å²) >= 11 is 0. The topological polar surface area (TPSA) is 57.6 Å². The van der Waals surface area contributed by atoms with E-state index in [0.717, 1.165) is 19.3 Å². The van der Waals surface area contributed by atoms with Gasteiger partial charge in [0.05, 0.1) is 0 Å². The Morgan fingerprint density at radius 1 is 1.24 bits per heavy atom. The van der Waals surface area contributed by atoms with Crippen LogP contribution in [0.1, 0.15) is 31.2 Å². The van der Waals surface area contributed by atoms with Crippen LogP contribution < -0.4 is 0 Å². The van der Waals surface area contributed by atoms with E-state index in [9.17, 15) is 19.1 Å². The summed E-state index contributed by atoms with van der Waals surface area (Å²) in [5.74, 6) is -1.77. The number of nitrogens with zero attached hydrogens (tertiary/aromatic N) is 1. The van der Waals surface area contributed by atoms with Gasteiger partial charge in [0, 0.05) is 18.2 Å². The van der Waals surface area contributed by atoms with Gasteiger partial charge in [0.1, 0.15) is 11.9 Å². The Bertz CT molecular complexity index is 556. The second-order valence-electron chi connectivity index (χ2n) is 5.09. The van der Waals surface area contributed by atoms with Crippen LogP contribution in [0.3, 0.4) is 0 Å². The Morgan fingerprint density at radius 3 is 2.71 bits per heavy atom. The van der Waals surface area contributed by atoms with Crippen molar-refractivity contribution in [1.29, 1.82) is 0 Å². The maximum absolute atomic E-state index is 13.5. The molecular weight excluding hydrogens is 273 g/mol. The molecule has 1 aliphatic heterocycles. The van der Waals surface area contributed by atoms with Gasteiger partial charge in [-0.25, -0.2) is 9.18 Å². The number of carbonyl (C=O) groups excluding carboxylic acids is 1. The summed E-state index contributed by atoms with van der Waals surface area (Å²) < 4.78 is 13.5. The minimum absolute atomic E-state index is 0.313. The molecule has 0 radical (unpaired) electrons. The highest BCUT2D eigenvalue weighted by atomic mass is 19.1. The van der Waals surface area contributed by atoms with Gasteiger partial charge < -0.3 is 10.0 Å². The van der Waals surface area contributed by atoms with E-state index in [-0.39, 0.29) is 5.91 Å². The van der Waals surface area contributed by atoms with Crippen molar-refractivity contribution >= 4 is 18.0 Å². The fourth-order valence-corrected chi connectivity index (χ4v) is 2.50. The SMILES string of the molecule is O=C(O)C1CCCCCN1C(=O)C=Cc1ccccc1F. The summed E-state index contributed by atoms with van der Waals surface area (Å²) in [5, 5.41) is 9.23. The van der Waals surface area contributed by atoms with Crippen LogP contribution in [0.4, 0.5) is 4.39 Å². The molecule has 1 saturated heterocycles. The molecule has 1 heterocycles. The first-order valence-electron chi connectivity index (χ1n) is 7.05. The van der Waals surface area contributed by atoms with E-state index >= 15 is 0 Å². The van der Waals surface area contributed by atoms with Crippen molar-refractivity contribution in [2.75, 3.05) is 6.54 Å². The van der Waals surface area contributed by atoms with E-state index in [0.29, 0.717) is 18.5 Å². The smallest absolute Gasteiger partial charge is 0.326 e. The summed E-state index contributed by atoms with van der Waals surface area (Å²) in [4.78, 5) is 24.8. The monoisotopic (exact) mass is 291 g/mol. The number of carbonyl (C=O) groups is 2. The molecule has 1 aliphatic rings. The Balaban J connectivity index is 2.13. The molecule has 21 heavy (non-hydrogen) atoms. The normalized spacial score (nSPS) is 19.5. The number of amides is 1. The maximum atomic E-state index is 13.5. The van der Waals surface area contributed by atoms with Crippen molar-refractivity contribution in [1.82, 2.24) is 4.90 Å². The molecule has 1 aromatic carbocycles. The third kappa shape index (κ3) is 3.90. The molecule has 1 N–H and O–H groups in total. The Morgan fingerprint density at radius 2 is 2.00 bits per heavy atom. The molecule has 1 aromatic rings. The van der Waals surface area contributed by atoms with E-state index < -0.39 is 17.8 Å². The zero-order valence-corrected chi connectivity index (χ0v) is 11.7. The third-order valence-electron chi connectivity index (χ3n) is 3.63. The molecular formula is C16H18FNO3. The predicted octanol–water partition coefficient (Wildman–Crippen LogP) is 2.69. The zero-order valence-electron chi connectivity index (χ0n) is 11.7. The quantitative estimate of drug-likeness (QED) is 0.871. The Labute approximate surface area is 122 Å². The summed E-state index contributed by atoms with van der Waals surface area (Å²) in [7, 11) is 0. The van der Waals surface area contributed by atoms with Gasteiger partial charge in [-0.1, -0.05) is 31.0 Å². The molecule has 1 unspecified atom stereocenters. The lowest BCUT2D eigenvalue weighted by molar-refractivity contribution is -0.148. The van der Waals surface area contributed by atoms with Crippen molar-refractivity contribution in [3.05, 3.63) is 41.7 Å². The number of benzene rings is 1. The van der Waals surface area contributed by atoms with E-state index in [1.807, 2.05) is 0 Å². The Hall–Kier alpha value is -2.17. The van der Waals surface area contributed by atoms with Crippen molar-refractivity contribution in [3.8, 4) is 0 Å². The molecule has 2 rings (SSSR count). The second-order valence-corrected chi connectivity index (χ2v) is 5.09. The van der Waals surface area contributed by atoms with E-state index in [1.165, 1.54) is 23.1 Å². The lowest BCUT2D eigenvalue weighted by Gasteiger charge is -2.25. The average Bonchev–Trinajstić information content (AvgIpc) is 2.72. The molecule has 0 saturated carbocycles. The molecule has 112 valence electrons. The van der Waals surface area contributed by atoms with Crippen LogP contribution >= 0.6 is 0 Å². The van der Waals surface area contributed by atoms with E-state index in [1.54, 1.807) is 18.2 Å². The van der Waals surface area contributed by atoms with Crippen LogP contribution in [0.15, 0.2) is 30.3 Å². The first-order valence-corrected chi connectivity index (χ1v) is 7.05. The molecule has 1 amide bonds. The van der Waals surface area contributed by atoms with Crippen LogP contribution in [0, 0.1) is 5.82 Å². The van der Waals surface area contributed by atoms with Crippen LogP contribution in [0.25, 0.3) is 6.08 Å². The van der Waals surface area contributed by atoms with Gasteiger partial charge in [0.25, 0.3) is 0 Å².